The molecule has 0 fully saturated rings. The van der Waals surface area contributed by atoms with Gasteiger partial charge in [0.2, 0.25) is 0 Å². The molecular formula is C22H21N5O3S. The SMILES string of the molecule is CCc1cc(-c2nc(C)c(C(=O)OCc3cn(-c4cccc(OC)c4)nn3)s2)ccn1. The van der Waals surface area contributed by atoms with Crippen molar-refractivity contribution in [2.45, 2.75) is 26.9 Å². The van der Waals surface area contributed by atoms with Gasteiger partial charge in [0.15, 0.2) is 0 Å². The van der Waals surface area contributed by atoms with E-state index >= 15 is 0 Å². The van der Waals surface area contributed by atoms with Crippen LogP contribution in [0.15, 0.2) is 48.8 Å². The fraction of sp³-hybridized carbons (Fsp3) is 0.227. The van der Waals surface area contributed by atoms with E-state index in [0.29, 0.717) is 16.3 Å². The molecule has 0 unspecified atom stereocenters. The van der Waals surface area contributed by atoms with E-state index < -0.39 is 5.97 Å². The highest BCUT2D eigenvalue weighted by atomic mass is 32.1. The van der Waals surface area contributed by atoms with Crippen LogP contribution in [0, 0.1) is 6.92 Å². The van der Waals surface area contributed by atoms with Gasteiger partial charge < -0.3 is 9.47 Å². The largest absolute Gasteiger partial charge is 0.497 e. The molecule has 0 spiro atoms. The lowest BCUT2D eigenvalue weighted by molar-refractivity contribution is 0.0472. The monoisotopic (exact) mass is 435 g/mol. The third-order valence-corrected chi connectivity index (χ3v) is 5.80. The Morgan fingerprint density at radius 3 is 2.87 bits per heavy atom. The maximum atomic E-state index is 12.6. The van der Waals surface area contributed by atoms with E-state index in [1.54, 1.807) is 31.1 Å². The van der Waals surface area contributed by atoms with Gasteiger partial charge in [0.1, 0.15) is 27.9 Å². The Hall–Kier alpha value is -3.59. The predicted molar refractivity (Wildman–Crippen MR) is 116 cm³/mol. The Morgan fingerprint density at radius 1 is 1.19 bits per heavy atom. The van der Waals surface area contributed by atoms with E-state index in [2.05, 4.69) is 20.3 Å². The van der Waals surface area contributed by atoms with Gasteiger partial charge in [-0.15, -0.1) is 16.4 Å². The standard InChI is InChI=1S/C22H21N5O3S/c1-4-16-10-15(8-9-23-16)21-24-14(2)20(31-21)22(28)30-13-17-12-27(26-25-17)18-6-5-7-19(11-18)29-3/h5-12H,4,13H2,1-3H3. The molecule has 4 aromatic rings. The fourth-order valence-corrected chi connectivity index (χ4v) is 3.92. The van der Waals surface area contributed by atoms with Crippen LogP contribution in [0.5, 0.6) is 5.75 Å². The molecule has 0 N–H and O–H groups in total. The number of carbonyl (C=O) groups is 1. The van der Waals surface area contributed by atoms with Gasteiger partial charge in [-0.1, -0.05) is 18.2 Å². The number of methoxy groups -OCH3 is 1. The molecule has 0 radical (unpaired) electrons. The summed E-state index contributed by atoms with van der Waals surface area (Å²) in [5.41, 5.74) is 3.91. The molecule has 3 heterocycles. The van der Waals surface area contributed by atoms with Crippen molar-refractivity contribution in [3.05, 3.63) is 70.8 Å². The maximum Gasteiger partial charge on any atom is 0.350 e. The van der Waals surface area contributed by atoms with E-state index in [-0.39, 0.29) is 6.61 Å². The molecule has 9 heteroatoms. The number of benzene rings is 1. The van der Waals surface area contributed by atoms with Gasteiger partial charge in [-0.3, -0.25) is 4.98 Å². The van der Waals surface area contributed by atoms with Gasteiger partial charge in [0, 0.05) is 23.5 Å². The molecular weight excluding hydrogens is 414 g/mol. The predicted octanol–water partition coefficient (Wildman–Crippen LogP) is 4.02. The van der Waals surface area contributed by atoms with Crippen molar-refractivity contribution >= 4 is 17.3 Å². The molecule has 158 valence electrons. The van der Waals surface area contributed by atoms with Crippen LogP contribution < -0.4 is 4.74 Å². The zero-order chi connectivity index (χ0) is 21.8. The van der Waals surface area contributed by atoms with Crippen LogP contribution in [0.3, 0.4) is 0 Å². The number of hydrogen-bond acceptors (Lipinski definition) is 8. The minimum atomic E-state index is -0.429. The second kappa shape index (κ2) is 9.05. The van der Waals surface area contributed by atoms with Gasteiger partial charge in [-0.2, -0.15) is 0 Å². The second-order valence-electron chi connectivity index (χ2n) is 6.76. The zero-order valence-electron chi connectivity index (χ0n) is 17.4. The minimum absolute atomic E-state index is 0.0186. The number of aromatic nitrogens is 5. The molecule has 0 atom stereocenters. The maximum absolute atomic E-state index is 12.6. The number of thiazole rings is 1. The zero-order valence-corrected chi connectivity index (χ0v) is 18.2. The van der Waals surface area contributed by atoms with E-state index in [0.717, 1.165) is 34.1 Å². The van der Waals surface area contributed by atoms with Gasteiger partial charge in [-0.25, -0.2) is 14.5 Å². The number of hydrogen-bond donors (Lipinski definition) is 0. The smallest absolute Gasteiger partial charge is 0.350 e. The highest BCUT2D eigenvalue weighted by Crippen LogP contribution is 2.29. The normalized spacial score (nSPS) is 10.8. The second-order valence-corrected chi connectivity index (χ2v) is 7.75. The quantitative estimate of drug-likeness (QED) is 0.405. The number of aryl methyl sites for hydroxylation is 2. The average Bonchev–Trinajstić information content (AvgIpc) is 3.44. The first kappa shape index (κ1) is 20.7. The van der Waals surface area contributed by atoms with Crippen LogP contribution in [-0.4, -0.2) is 38.0 Å². The topological polar surface area (TPSA) is 92.0 Å². The van der Waals surface area contributed by atoms with Crippen LogP contribution in [-0.2, 0) is 17.8 Å². The van der Waals surface area contributed by atoms with E-state index in [9.17, 15) is 4.79 Å². The lowest BCUT2D eigenvalue weighted by atomic mass is 10.2. The summed E-state index contributed by atoms with van der Waals surface area (Å²) in [6.45, 7) is 3.87. The first-order valence-electron chi connectivity index (χ1n) is 9.73. The highest BCUT2D eigenvalue weighted by molar-refractivity contribution is 7.17. The lowest BCUT2D eigenvalue weighted by Gasteiger charge is -2.03. The van der Waals surface area contributed by atoms with Crippen molar-refractivity contribution in [1.82, 2.24) is 25.0 Å². The van der Waals surface area contributed by atoms with Crippen molar-refractivity contribution < 1.29 is 14.3 Å². The summed E-state index contributed by atoms with van der Waals surface area (Å²) < 4.78 is 12.3. The molecule has 0 bridgehead atoms. The van der Waals surface area contributed by atoms with Gasteiger partial charge in [-0.05, 0) is 37.6 Å². The lowest BCUT2D eigenvalue weighted by Crippen LogP contribution is -2.05. The van der Waals surface area contributed by atoms with E-state index in [1.165, 1.54) is 11.3 Å². The van der Waals surface area contributed by atoms with Crippen molar-refractivity contribution in [3.8, 4) is 22.0 Å². The molecule has 0 aliphatic heterocycles. The Labute approximate surface area is 183 Å². The molecule has 0 saturated carbocycles. The Kier molecular flexibility index (Phi) is 6.03. The molecule has 0 aliphatic rings. The summed E-state index contributed by atoms with van der Waals surface area (Å²) in [6, 6.07) is 11.3. The third kappa shape index (κ3) is 4.61. The molecule has 1 aromatic carbocycles. The first-order valence-corrected chi connectivity index (χ1v) is 10.5. The van der Waals surface area contributed by atoms with Crippen LogP contribution in [0.25, 0.3) is 16.3 Å². The van der Waals surface area contributed by atoms with Crippen molar-refractivity contribution in [1.29, 1.82) is 0 Å². The summed E-state index contributed by atoms with van der Waals surface area (Å²) in [4.78, 5) is 22.0. The summed E-state index contributed by atoms with van der Waals surface area (Å²) in [6.07, 6.45) is 4.31. The van der Waals surface area contributed by atoms with Crippen molar-refractivity contribution in [2.75, 3.05) is 7.11 Å². The molecule has 0 aliphatic carbocycles. The molecule has 8 nitrogen and oxygen atoms in total. The average molecular weight is 436 g/mol. The molecule has 0 saturated heterocycles. The van der Waals surface area contributed by atoms with Crippen molar-refractivity contribution in [2.24, 2.45) is 0 Å². The summed E-state index contributed by atoms with van der Waals surface area (Å²) >= 11 is 1.31. The summed E-state index contributed by atoms with van der Waals surface area (Å²) in [5.74, 6) is 0.291. The first-order chi connectivity index (χ1) is 15.1. The molecule has 3 aromatic heterocycles. The van der Waals surface area contributed by atoms with Crippen LogP contribution in [0.1, 0.15) is 33.7 Å². The van der Waals surface area contributed by atoms with Crippen molar-refractivity contribution in [3.63, 3.8) is 0 Å². The molecule has 31 heavy (non-hydrogen) atoms. The number of rotatable bonds is 7. The van der Waals surface area contributed by atoms with Crippen LogP contribution >= 0.6 is 11.3 Å². The Balaban J connectivity index is 1.45. The summed E-state index contributed by atoms with van der Waals surface area (Å²) in [5, 5.41) is 8.95. The third-order valence-electron chi connectivity index (χ3n) is 4.62. The number of carbonyl (C=O) groups excluding carboxylic acids is 1. The van der Waals surface area contributed by atoms with Crippen LogP contribution in [0.4, 0.5) is 0 Å². The number of esters is 1. The number of nitrogens with zero attached hydrogens (tertiary/aromatic N) is 5. The van der Waals surface area contributed by atoms with E-state index in [1.807, 2.05) is 43.3 Å². The Morgan fingerprint density at radius 2 is 2.06 bits per heavy atom. The molecule has 0 amide bonds. The Bertz CT molecular complexity index is 1220. The van der Waals surface area contributed by atoms with Crippen LogP contribution in [0.2, 0.25) is 0 Å². The van der Waals surface area contributed by atoms with E-state index in [4.69, 9.17) is 9.47 Å². The van der Waals surface area contributed by atoms with Gasteiger partial charge in [0.25, 0.3) is 0 Å². The van der Waals surface area contributed by atoms with Gasteiger partial charge >= 0.3 is 5.97 Å². The number of pyridine rings is 1. The fourth-order valence-electron chi connectivity index (χ4n) is 2.96. The van der Waals surface area contributed by atoms with Gasteiger partial charge in [0.05, 0.1) is 24.7 Å². The molecule has 4 rings (SSSR count). The highest BCUT2D eigenvalue weighted by Gasteiger charge is 2.18. The summed E-state index contributed by atoms with van der Waals surface area (Å²) in [7, 11) is 1.61. The number of ether oxygens (including phenoxy) is 2. The minimum Gasteiger partial charge on any atom is -0.497 e.